The van der Waals surface area contributed by atoms with E-state index in [-0.39, 0.29) is 24.0 Å². The van der Waals surface area contributed by atoms with Crippen LogP contribution in [0, 0.1) is 0 Å². The van der Waals surface area contributed by atoms with E-state index in [1.54, 1.807) is 36.4 Å². The van der Waals surface area contributed by atoms with Gasteiger partial charge < -0.3 is 23.9 Å². The highest BCUT2D eigenvalue weighted by Crippen LogP contribution is 2.40. The van der Waals surface area contributed by atoms with Gasteiger partial charge in [0.2, 0.25) is 0 Å². The molecule has 2 aromatic rings. The van der Waals surface area contributed by atoms with Gasteiger partial charge in [-0.2, -0.15) is 0 Å². The quantitative estimate of drug-likeness (QED) is 0.425. The second kappa shape index (κ2) is 8.75. The molecule has 4 rings (SSSR count). The third-order valence-corrected chi connectivity index (χ3v) is 5.36. The van der Waals surface area contributed by atoms with Crippen molar-refractivity contribution in [1.82, 2.24) is 4.90 Å². The second-order valence-electron chi connectivity index (χ2n) is 7.48. The largest absolute Gasteiger partial charge is 0.507 e. The predicted octanol–water partition coefficient (Wildman–Crippen LogP) is 3.67. The van der Waals surface area contributed by atoms with Crippen molar-refractivity contribution in [1.29, 1.82) is 0 Å². The monoisotopic (exact) mass is 411 g/mol. The van der Waals surface area contributed by atoms with Gasteiger partial charge in [0.1, 0.15) is 23.3 Å². The molecular weight excluding hydrogens is 386 g/mol. The van der Waals surface area contributed by atoms with Gasteiger partial charge in [0, 0.05) is 18.7 Å². The zero-order chi connectivity index (χ0) is 21.1. The molecule has 0 saturated carbocycles. The third kappa shape index (κ3) is 3.85. The number of hydrogen-bond donors (Lipinski definition) is 1. The molecule has 2 saturated heterocycles. The molecule has 0 radical (unpaired) electrons. The molecule has 1 N–H and O–H groups in total. The number of likely N-dealkylation sites (tertiary alicyclic amines) is 1. The SMILES string of the molecule is CCCOc1cccc(/C(O)=C2/C(=O)C(=O)N(CC3CCCO3)C2c2ccco2)c1. The number of hydrogen-bond acceptors (Lipinski definition) is 6. The molecule has 7 heteroatoms. The first kappa shape index (κ1) is 20.2. The zero-order valence-corrected chi connectivity index (χ0v) is 16.9. The van der Waals surface area contributed by atoms with E-state index in [1.165, 1.54) is 11.2 Å². The van der Waals surface area contributed by atoms with E-state index in [0.29, 0.717) is 30.3 Å². The highest BCUT2D eigenvalue weighted by atomic mass is 16.5. The first-order valence-corrected chi connectivity index (χ1v) is 10.3. The smallest absolute Gasteiger partial charge is 0.295 e. The van der Waals surface area contributed by atoms with Gasteiger partial charge >= 0.3 is 0 Å². The minimum Gasteiger partial charge on any atom is -0.507 e. The summed E-state index contributed by atoms with van der Waals surface area (Å²) in [5.41, 5.74) is 0.427. The number of benzene rings is 1. The Balaban J connectivity index is 1.74. The molecule has 0 bridgehead atoms. The van der Waals surface area contributed by atoms with Crippen molar-refractivity contribution in [2.75, 3.05) is 19.8 Å². The van der Waals surface area contributed by atoms with Crippen LogP contribution in [-0.4, -0.2) is 47.6 Å². The number of aliphatic hydroxyl groups is 1. The third-order valence-electron chi connectivity index (χ3n) is 5.36. The first-order chi connectivity index (χ1) is 14.6. The molecule has 2 atom stereocenters. The highest BCUT2D eigenvalue weighted by Gasteiger charge is 2.48. The highest BCUT2D eigenvalue weighted by molar-refractivity contribution is 6.46. The van der Waals surface area contributed by atoms with Crippen molar-refractivity contribution >= 4 is 17.4 Å². The van der Waals surface area contributed by atoms with Crippen LogP contribution >= 0.6 is 0 Å². The fraction of sp³-hybridized carbons (Fsp3) is 0.391. The Morgan fingerprint density at radius 3 is 2.83 bits per heavy atom. The van der Waals surface area contributed by atoms with E-state index in [1.807, 2.05) is 6.92 Å². The van der Waals surface area contributed by atoms with Crippen LogP contribution in [0.3, 0.4) is 0 Å². The molecule has 3 heterocycles. The number of rotatable bonds is 7. The summed E-state index contributed by atoms with van der Waals surface area (Å²) in [5, 5.41) is 11.1. The van der Waals surface area contributed by atoms with Crippen molar-refractivity contribution in [3.05, 3.63) is 59.6 Å². The van der Waals surface area contributed by atoms with Crippen LogP contribution in [0.2, 0.25) is 0 Å². The fourth-order valence-corrected chi connectivity index (χ4v) is 3.93. The van der Waals surface area contributed by atoms with E-state index in [4.69, 9.17) is 13.9 Å². The molecule has 0 aliphatic carbocycles. The van der Waals surface area contributed by atoms with Gasteiger partial charge in [-0.05, 0) is 43.5 Å². The van der Waals surface area contributed by atoms with Gasteiger partial charge in [-0.15, -0.1) is 0 Å². The van der Waals surface area contributed by atoms with Gasteiger partial charge in [0.05, 0.1) is 24.5 Å². The van der Waals surface area contributed by atoms with E-state index in [2.05, 4.69) is 0 Å². The Bertz CT molecular complexity index is 942. The summed E-state index contributed by atoms with van der Waals surface area (Å²) < 4.78 is 16.8. The van der Waals surface area contributed by atoms with Crippen LogP contribution in [0.15, 0.2) is 52.7 Å². The summed E-state index contributed by atoms with van der Waals surface area (Å²) in [5.74, 6) is -0.624. The number of carbonyl (C=O) groups excluding carboxylic acids is 2. The Morgan fingerprint density at radius 2 is 2.13 bits per heavy atom. The maximum Gasteiger partial charge on any atom is 0.295 e. The maximum absolute atomic E-state index is 12.9. The number of ether oxygens (including phenoxy) is 2. The van der Waals surface area contributed by atoms with Crippen molar-refractivity contribution in [2.24, 2.45) is 0 Å². The Kier molecular flexibility index (Phi) is 5.90. The Morgan fingerprint density at radius 1 is 1.27 bits per heavy atom. The number of carbonyl (C=O) groups is 2. The zero-order valence-electron chi connectivity index (χ0n) is 16.9. The summed E-state index contributed by atoms with van der Waals surface area (Å²) in [4.78, 5) is 27.3. The van der Waals surface area contributed by atoms with Gasteiger partial charge in [0.15, 0.2) is 0 Å². The van der Waals surface area contributed by atoms with Crippen LogP contribution in [0.5, 0.6) is 5.75 Å². The van der Waals surface area contributed by atoms with Gasteiger partial charge in [-0.25, -0.2) is 0 Å². The lowest BCUT2D eigenvalue weighted by molar-refractivity contribution is -0.141. The molecule has 7 nitrogen and oxygen atoms in total. The maximum atomic E-state index is 12.9. The number of furan rings is 1. The standard InChI is InChI=1S/C23H25NO6/c1-2-10-28-16-7-3-6-15(13-16)21(25)19-20(18-9-5-12-30-18)24(23(27)22(19)26)14-17-8-4-11-29-17/h3,5-7,9,12-13,17,20,25H,2,4,8,10-11,14H2,1H3/b21-19-. The summed E-state index contributed by atoms with van der Waals surface area (Å²) >= 11 is 0. The molecule has 30 heavy (non-hydrogen) atoms. The Labute approximate surface area is 174 Å². The van der Waals surface area contributed by atoms with Crippen molar-refractivity contribution < 1.29 is 28.6 Å². The number of Topliss-reactive ketones (excluding diaryl/α,β-unsaturated/α-hetero) is 1. The summed E-state index contributed by atoms with van der Waals surface area (Å²) in [7, 11) is 0. The van der Waals surface area contributed by atoms with Gasteiger partial charge in [0.25, 0.3) is 11.7 Å². The molecule has 2 unspecified atom stereocenters. The van der Waals surface area contributed by atoms with Crippen LogP contribution < -0.4 is 4.74 Å². The molecular formula is C23H25NO6. The van der Waals surface area contributed by atoms with Crippen LogP contribution in [-0.2, 0) is 14.3 Å². The minimum atomic E-state index is -0.801. The fourth-order valence-electron chi connectivity index (χ4n) is 3.93. The van der Waals surface area contributed by atoms with Crippen molar-refractivity contribution in [3.63, 3.8) is 0 Å². The number of aliphatic hydroxyl groups excluding tert-OH is 1. The van der Waals surface area contributed by atoms with Crippen LogP contribution in [0.1, 0.15) is 43.6 Å². The first-order valence-electron chi connectivity index (χ1n) is 10.3. The van der Waals surface area contributed by atoms with E-state index in [0.717, 1.165) is 19.3 Å². The van der Waals surface area contributed by atoms with Crippen LogP contribution in [0.4, 0.5) is 0 Å². The van der Waals surface area contributed by atoms with E-state index in [9.17, 15) is 14.7 Å². The van der Waals surface area contributed by atoms with Gasteiger partial charge in [-0.3, -0.25) is 9.59 Å². The molecule has 158 valence electrons. The molecule has 0 spiro atoms. The predicted molar refractivity (Wildman–Crippen MR) is 109 cm³/mol. The minimum absolute atomic E-state index is 0.0144. The second-order valence-corrected chi connectivity index (χ2v) is 7.48. The lowest BCUT2D eigenvalue weighted by atomic mass is 9.99. The summed E-state index contributed by atoms with van der Waals surface area (Å²) in [6.07, 6.45) is 3.95. The van der Waals surface area contributed by atoms with Crippen molar-refractivity contribution in [2.45, 2.75) is 38.3 Å². The number of nitrogens with zero attached hydrogens (tertiary/aromatic N) is 1. The summed E-state index contributed by atoms with van der Waals surface area (Å²) in [6.45, 7) is 3.46. The lowest BCUT2D eigenvalue weighted by Gasteiger charge is -2.25. The molecule has 2 fully saturated rings. The average molecular weight is 411 g/mol. The van der Waals surface area contributed by atoms with Gasteiger partial charge in [-0.1, -0.05) is 19.1 Å². The van der Waals surface area contributed by atoms with E-state index >= 15 is 0 Å². The average Bonchev–Trinajstić information content (AvgIpc) is 3.51. The summed E-state index contributed by atoms with van der Waals surface area (Å²) in [6, 6.07) is 9.47. The molecule has 1 aromatic heterocycles. The molecule has 2 aliphatic rings. The van der Waals surface area contributed by atoms with Crippen molar-refractivity contribution in [3.8, 4) is 5.75 Å². The van der Waals surface area contributed by atoms with Crippen LogP contribution in [0.25, 0.3) is 5.76 Å². The van der Waals surface area contributed by atoms with E-state index < -0.39 is 17.7 Å². The molecule has 1 amide bonds. The normalized spacial score (nSPS) is 23.3. The number of amides is 1. The molecule has 2 aliphatic heterocycles. The lowest BCUT2D eigenvalue weighted by Crippen LogP contribution is -2.36. The Hall–Kier alpha value is -3.06. The number of ketones is 1. The molecule has 1 aromatic carbocycles. The topological polar surface area (TPSA) is 89.2 Å².